The van der Waals surface area contributed by atoms with Crippen LogP contribution in [0.4, 0.5) is 4.79 Å². The monoisotopic (exact) mass is 318 g/mol. The van der Waals surface area contributed by atoms with E-state index >= 15 is 0 Å². The van der Waals surface area contributed by atoms with E-state index in [0.29, 0.717) is 12.8 Å². The summed E-state index contributed by atoms with van der Waals surface area (Å²) in [6.07, 6.45) is 5.06. The van der Waals surface area contributed by atoms with Gasteiger partial charge >= 0.3 is 12.1 Å². The summed E-state index contributed by atoms with van der Waals surface area (Å²) in [5.74, 6) is 10.8. The molecule has 0 saturated carbocycles. The maximum Gasteiger partial charge on any atom is 0.509 e. The Labute approximate surface area is 135 Å². The molecule has 1 fully saturated rings. The first-order chi connectivity index (χ1) is 11.0. The van der Waals surface area contributed by atoms with Crippen LogP contribution in [0.1, 0.15) is 38.5 Å². The van der Waals surface area contributed by atoms with Crippen LogP contribution in [0.5, 0.6) is 0 Å². The van der Waals surface area contributed by atoms with Gasteiger partial charge in [-0.25, -0.2) is 4.79 Å². The van der Waals surface area contributed by atoms with Crippen LogP contribution in [0.2, 0.25) is 0 Å². The van der Waals surface area contributed by atoms with Crippen LogP contribution < -0.4 is 0 Å². The van der Waals surface area contributed by atoms with Gasteiger partial charge in [0.1, 0.15) is 6.10 Å². The van der Waals surface area contributed by atoms with Crippen LogP contribution >= 0.6 is 0 Å². The van der Waals surface area contributed by atoms with Gasteiger partial charge in [0.2, 0.25) is 0 Å². The number of rotatable bonds is 8. The van der Waals surface area contributed by atoms with Crippen molar-refractivity contribution >= 4 is 12.1 Å². The third kappa shape index (κ3) is 7.27. The zero-order valence-corrected chi connectivity index (χ0v) is 12.6. The predicted octanol–water partition coefficient (Wildman–Crippen LogP) is 1.32. The van der Waals surface area contributed by atoms with Crippen molar-refractivity contribution in [2.45, 2.75) is 56.8 Å². The van der Waals surface area contributed by atoms with Crippen molar-refractivity contribution in [2.75, 3.05) is 0 Å². The van der Waals surface area contributed by atoms with Gasteiger partial charge in [-0.15, -0.1) is 6.42 Å². The van der Waals surface area contributed by atoms with Crippen LogP contribution in [-0.2, 0) is 14.3 Å². The van der Waals surface area contributed by atoms with E-state index in [2.05, 4.69) is 29.6 Å². The Kier molecular flexibility index (Phi) is 8.14. The van der Waals surface area contributed by atoms with E-state index in [1.165, 1.54) is 0 Å². The minimum absolute atomic E-state index is 0.150. The Morgan fingerprint density at radius 3 is 2.61 bits per heavy atom. The van der Waals surface area contributed by atoms with Gasteiger partial charge in [0.05, 0.1) is 0 Å². The molecule has 1 heterocycles. The topological polar surface area (TPSA) is 93.1 Å². The number of carboxylic acids is 1. The third-order valence-corrected chi connectivity index (χ3v) is 3.20. The number of aliphatic hydroxyl groups excluding tert-OH is 1. The molecule has 3 atom stereocenters. The number of carbonyl (C=O) groups is 2. The molecule has 0 aromatic heterocycles. The van der Waals surface area contributed by atoms with Crippen molar-refractivity contribution in [3.05, 3.63) is 0 Å². The highest BCUT2D eigenvalue weighted by Gasteiger charge is 2.40. The smallest absolute Gasteiger partial charge is 0.481 e. The first-order valence-electron chi connectivity index (χ1n) is 7.28. The van der Waals surface area contributed by atoms with Crippen molar-refractivity contribution < 1.29 is 29.3 Å². The van der Waals surface area contributed by atoms with E-state index in [1.807, 2.05) is 0 Å². The Balaban J connectivity index is 2.40. The number of aliphatic carboxylic acids is 1. The molecule has 1 saturated heterocycles. The molecule has 6 nitrogen and oxygen atoms in total. The van der Waals surface area contributed by atoms with E-state index in [4.69, 9.17) is 21.0 Å². The molecule has 0 bridgehead atoms. The summed E-state index contributed by atoms with van der Waals surface area (Å²) >= 11 is 0. The first-order valence-corrected chi connectivity index (χ1v) is 7.28. The molecule has 0 radical (unpaired) electrons. The van der Waals surface area contributed by atoms with E-state index in [1.54, 1.807) is 0 Å². The lowest BCUT2D eigenvalue weighted by Gasteiger charge is -2.16. The highest BCUT2D eigenvalue weighted by Crippen LogP contribution is 2.23. The molecule has 23 heavy (non-hydrogen) atoms. The second kappa shape index (κ2) is 10.2. The van der Waals surface area contributed by atoms with Crippen molar-refractivity contribution in [2.24, 2.45) is 0 Å². The second-order valence-corrected chi connectivity index (χ2v) is 4.94. The van der Waals surface area contributed by atoms with Crippen LogP contribution in [0, 0.1) is 36.0 Å². The lowest BCUT2D eigenvalue weighted by atomic mass is 10.0. The average Bonchev–Trinajstić information content (AvgIpc) is 2.87. The van der Waals surface area contributed by atoms with Gasteiger partial charge in [-0.05, 0) is 42.9 Å². The summed E-state index contributed by atoms with van der Waals surface area (Å²) in [5, 5.41) is 18.5. The fraction of sp³-hybridized carbons (Fsp3) is 0.529. The van der Waals surface area contributed by atoms with Gasteiger partial charge in [0.25, 0.3) is 0 Å². The average molecular weight is 318 g/mol. The minimum Gasteiger partial charge on any atom is -0.481 e. The van der Waals surface area contributed by atoms with Crippen LogP contribution in [0.15, 0.2) is 0 Å². The van der Waals surface area contributed by atoms with Gasteiger partial charge < -0.3 is 19.7 Å². The zero-order valence-electron chi connectivity index (χ0n) is 12.6. The summed E-state index contributed by atoms with van der Waals surface area (Å²) < 4.78 is 9.94. The Bertz CT molecular complexity index is 580. The molecule has 122 valence electrons. The van der Waals surface area contributed by atoms with Crippen LogP contribution in [0.3, 0.4) is 0 Å². The summed E-state index contributed by atoms with van der Waals surface area (Å²) in [7, 11) is 0. The van der Waals surface area contributed by atoms with Crippen molar-refractivity contribution in [1.29, 1.82) is 0 Å². The number of hydrogen-bond donors (Lipinski definition) is 2. The second-order valence-electron chi connectivity index (χ2n) is 4.94. The maximum absolute atomic E-state index is 11.2. The number of cyclic esters (lactones) is 2. The van der Waals surface area contributed by atoms with Crippen molar-refractivity contribution in [3.8, 4) is 36.0 Å². The molecular weight excluding hydrogens is 300 g/mol. The number of unbranched alkanes of at least 4 members (excludes halogenated alkanes) is 3. The Morgan fingerprint density at radius 2 is 1.91 bits per heavy atom. The fourth-order valence-corrected chi connectivity index (χ4v) is 2.13. The molecule has 1 rings (SSSR count). The molecule has 0 aromatic carbocycles. The lowest BCUT2D eigenvalue weighted by Crippen LogP contribution is -2.34. The highest BCUT2D eigenvalue weighted by atomic mass is 16.8. The Hall–Kier alpha value is -2.62. The van der Waals surface area contributed by atoms with E-state index in [9.17, 15) is 14.7 Å². The number of carbonyl (C=O) groups excluding carboxylic acids is 1. The van der Waals surface area contributed by atoms with Crippen LogP contribution in [0.25, 0.3) is 0 Å². The van der Waals surface area contributed by atoms with Gasteiger partial charge in [-0.1, -0.05) is 18.8 Å². The first kappa shape index (κ1) is 18.4. The van der Waals surface area contributed by atoms with E-state index in [0.717, 1.165) is 19.3 Å². The number of hydrogen-bond acceptors (Lipinski definition) is 5. The van der Waals surface area contributed by atoms with Crippen LogP contribution in [-0.4, -0.2) is 40.6 Å². The lowest BCUT2D eigenvalue weighted by molar-refractivity contribution is -0.137. The predicted molar refractivity (Wildman–Crippen MR) is 80.9 cm³/mol. The molecule has 0 amide bonds. The number of terminal acetylenes is 1. The molecule has 1 aliphatic rings. The molecule has 6 heteroatoms. The number of ether oxygens (including phenoxy) is 2. The van der Waals surface area contributed by atoms with Crippen molar-refractivity contribution in [1.82, 2.24) is 0 Å². The normalized spacial score (nSPS) is 19.9. The molecule has 2 N–H and O–H groups in total. The van der Waals surface area contributed by atoms with Gasteiger partial charge in [0.15, 0.2) is 12.2 Å². The molecule has 0 aromatic rings. The molecule has 1 aliphatic heterocycles. The molecule has 0 aliphatic carbocycles. The van der Waals surface area contributed by atoms with Gasteiger partial charge in [-0.3, -0.25) is 4.79 Å². The van der Waals surface area contributed by atoms with E-state index in [-0.39, 0.29) is 6.42 Å². The highest BCUT2D eigenvalue weighted by molar-refractivity contribution is 5.66. The van der Waals surface area contributed by atoms with E-state index < -0.39 is 30.4 Å². The summed E-state index contributed by atoms with van der Waals surface area (Å²) in [6, 6.07) is 0. The molecule has 1 unspecified atom stereocenters. The number of carboxylic acid groups (broad SMARTS) is 1. The fourth-order valence-electron chi connectivity index (χ4n) is 2.13. The molecular formula is C17H18O6. The standard InChI is InChI=1S/C17H18O6/c1-2-3-4-7-10-13(18)16-14(22-17(21)23-16)11-8-5-6-9-12-15(19)20/h1,13-14,16,18H,5-6,8-9,11-12H2,(H,19,20)/t13-,14+,16?/m1/s1. The van der Waals surface area contributed by atoms with Gasteiger partial charge in [0, 0.05) is 6.42 Å². The van der Waals surface area contributed by atoms with Crippen molar-refractivity contribution in [3.63, 3.8) is 0 Å². The zero-order chi connectivity index (χ0) is 17.1. The Morgan fingerprint density at radius 1 is 1.17 bits per heavy atom. The largest absolute Gasteiger partial charge is 0.509 e. The van der Waals surface area contributed by atoms with Gasteiger partial charge in [-0.2, -0.15) is 0 Å². The molecule has 0 spiro atoms. The SMILES string of the molecule is C#CC#CC#C[C@@H](O)C1OC(=O)O[C@H]1CCCCCCC(=O)O. The quantitative estimate of drug-likeness (QED) is 0.398. The third-order valence-electron chi connectivity index (χ3n) is 3.20. The summed E-state index contributed by atoms with van der Waals surface area (Å²) in [5.41, 5.74) is 0. The minimum atomic E-state index is -1.20. The number of aliphatic hydroxyl groups is 1. The summed E-state index contributed by atoms with van der Waals surface area (Å²) in [6.45, 7) is 0. The summed E-state index contributed by atoms with van der Waals surface area (Å²) in [4.78, 5) is 21.6. The maximum atomic E-state index is 11.2.